The molecule has 0 aliphatic heterocycles. The average Bonchev–Trinajstić information content (AvgIpc) is 2.21. The van der Waals surface area contributed by atoms with Crippen LogP contribution in [0.2, 0.25) is 0 Å². The van der Waals surface area contributed by atoms with E-state index in [0.29, 0.717) is 4.47 Å². The molecule has 82 valence electrons. The number of nitrogens with one attached hydrogen (secondary N) is 1. The molecule has 1 unspecified atom stereocenters. The Kier molecular flexibility index (Phi) is 4.27. The van der Waals surface area contributed by atoms with Gasteiger partial charge in [0.25, 0.3) is 5.91 Å². The van der Waals surface area contributed by atoms with Crippen LogP contribution in [0.3, 0.4) is 0 Å². The summed E-state index contributed by atoms with van der Waals surface area (Å²) in [6.07, 6.45) is 0.821. The number of hydrogen-bond acceptors (Lipinski definition) is 1. The maximum atomic E-state index is 13.3. The van der Waals surface area contributed by atoms with Crippen molar-refractivity contribution in [2.75, 3.05) is 0 Å². The summed E-state index contributed by atoms with van der Waals surface area (Å²) in [4.78, 5) is 11.6. The second kappa shape index (κ2) is 5.26. The SMILES string of the molecule is CCC(C)NC(=O)c1cc(Br)ccc1F. The van der Waals surface area contributed by atoms with Crippen LogP contribution in [-0.4, -0.2) is 11.9 Å². The molecule has 0 radical (unpaired) electrons. The Labute approximate surface area is 97.0 Å². The normalized spacial score (nSPS) is 12.3. The third kappa shape index (κ3) is 3.30. The van der Waals surface area contributed by atoms with E-state index in [2.05, 4.69) is 21.2 Å². The second-order valence-electron chi connectivity index (χ2n) is 3.41. The molecule has 1 atom stereocenters. The van der Waals surface area contributed by atoms with Gasteiger partial charge in [-0.1, -0.05) is 22.9 Å². The van der Waals surface area contributed by atoms with Gasteiger partial charge in [-0.05, 0) is 31.5 Å². The van der Waals surface area contributed by atoms with Crippen LogP contribution in [0.5, 0.6) is 0 Å². The largest absolute Gasteiger partial charge is 0.350 e. The molecule has 15 heavy (non-hydrogen) atoms. The summed E-state index contributed by atoms with van der Waals surface area (Å²) in [6.45, 7) is 3.84. The molecule has 0 saturated carbocycles. The first kappa shape index (κ1) is 12.2. The van der Waals surface area contributed by atoms with Crippen LogP contribution in [0.15, 0.2) is 22.7 Å². The Morgan fingerprint density at radius 2 is 2.27 bits per heavy atom. The fourth-order valence-corrected chi connectivity index (χ4v) is 1.44. The van der Waals surface area contributed by atoms with Crippen LogP contribution >= 0.6 is 15.9 Å². The van der Waals surface area contributed by atoms with Crippen molar-refractivity contribution in [2.24, 2.45) is 0 Å². The molecule has 0 aromatic heterocycles. The lowest BCUT2D eigenvalue weighted by atomic mass is 10.1. The zero-order valence-corrected chi connectivity index (χ0v) is 10.3. The lowest BCUT2D eigenvalue weighted by Crippen LogP contribution is -2.32. The van der Waals surface area contributed by atoms with Gasteiger partial charge in [0, 0.05) is 10.5 Å². The predicted molar refractivity (Wildman–Crippen MR) is 61.3 cm³/mol. The van der Waals surface area contributed by atoms with Crippen LogP contribution in [0.1, 0.15) is 30.6 Å². The summed E-state index contributed by atoms with van der Waals surface area (Å²) in [5, 5.41) is 2.71. The molecule has 0 spiro atoms. The highest BCUT2D eigenvalue weighted by atomic mass is 79.9. The van der Waals surface area contributed by atoms with Gasteiger partial charge in [-0.2, -0.15) is 0 Å². The minimum Gasteiger partial charge on any atom is -0.350 e. The van der Waals surface area contributed by atoms with Crippen molar-refractivity contribution in [1.29, 1.82) is 0 Å². The summed E-state index contributed by atoms with van der Waals surface area (Å²) in [5.74, 6) is -0.873. The zero-order chi connectivity index (χ0) is 11.4. The standard InChI is InChI=1S/C11H13BrFNO/c1-3-7(2)14-11(15)9-6-8(12)4-5-10(9)13/h4-7H,3H2,1-2H3,(H,14,15). The Hall–Kier alpha value is -0.900. The van der Waals surface area contributed by atoms with Crippen LogP contribution in [-0.2, 0) is 0 Å². The molecular formula is C11H13BrFNO. The maximum absolute atomic E-state index is 13.3. The molecule has 4 heteroatoms. The molecule has 0 bridgehead atoms. The number of halogens is 2. The van der Waals surface area contributed by atoms with E-state index in [9.17, 15) is 9.18 Å². The highest BCUT2D eigenvalue weighted by Crippen LogP contribution is 2.15. The van der Waals surface area contributed by atoms with Gasteiger partial charge in [0.15, 0.2) is 0 Å². The molecule has 1 amide bonds. The predicted octanol–water partition coefficient (Wildman–Crippen LogP) is 3.12. The minimum atomic E-state index is -0.501. The van der Waals surface area contributed by atoms with Crippen molar-refractivity contribution in [3.8, 4) is 0 Å². The fourth-order valence-electron chi connectivity index (χ4n) is 1.08. The lowest BCUT2D eigenvalue weighted by Gasteiger charge is -2.11. The van der Waals surface area contributed by atoms with E-state index in [1.54, 1.807) is 6.07 Å². The fraction of sp³-hybridized carbons (Fsp3) is 0.364. The van der Waals surface area contributed by atoms with E-state index in [4.69, 9.17) is 0 Å². The number of carbonyl (C=O) groups is 1. The van der Waals surface area contributed by atoms with Crippen molar-refractivity contribution in [3.63, 3.8) is 0 Å². The second-order valence-corrected chi connectivity index (χ2v) is 4.32. The van der Waals surface area contributed by atoms with Gasteiger partial charge in [0.1, 0.15) is 5.82 Å². The molecule has 0 heterocycles. The number of rotatable bonds is 3. The van der Waals surface area contributed by atoms with Gasteiger partial charge in [-0.3, -0.25) is 4.79 Å². The first-order valence-corrected chi connectivity index (χ1v) is 5.59. The Bertz CT molecular complexity index is 368. The van der Waals surface area contributed by atoms with E-state index in [1.165, 1.54) is 12.1 Å². The van der Waals surface area contributed by atoms with E-state index >= 15 is 0 Å². The molecule has 1 rings (SSSR count). The van der Waals surface area contributed by atoms with Gasteiger partial charge >= 0.3 is 0 Å². The first-order valence-electron chi connectivity index (χ1n) is 4.80. The number of amides is 1. The molecule has 2 nitrogen and oxygen atoms in total. The van der Waals surface area contributed by atoms with Crippen LogP contribution in [0.4, 0.5) is 4.39 Å². The third-order valence-corrected chi connectivity index (χ3v) is 2.66. The number of hydrogen-bond donors (Lipinski definition) is 1. The monoisotopic (exact) mass is 273 g/mol. The molecule has 0 fully saturated rings. The van der Waals surface area contributed by atoms with E-state index in [-0.39, 0.29) is 17.5 Å². The van der Waals surface area contributed by atoms with Gasteiger partial charge in [-0.15, -0.1) is 0 Å². The van der Waals surface area contributed by atoms with E-state index in [0.717, 1.165) is 6.42 Å². The van der Waals surface area contributed by atoms with Gasteiger partial charge in [0.05, 0.1) is 5.56 Å². The molecule has 1 aromatic rings. The molecule has 0 aliphatic carbocycles. The van der Waals surface area contributed by atoms with E-state index in [1.807, 2.05) is 13.8 Å². The molecule has 1 N–H and O–H groups in total. The first-order chi connectivity index (χ1) is 7.04. The van der Waals surface area contributed by atoms with Crippen LogP contribution in [0, 0.1) is 5.82 Å². The smallest absolute Gasteiger partial charge is 0.254 e. The summed E-state index contributed by atoms with van der Waals surface area (Å²) in [7, 11) is 0. The topological polar surface area (TPSA) is 29.1 Å². The summed E-state index contributed by atoms with van der Waals surface area (Å²) < 4.78 is 14.0. The quantitative estimate of drug-likeness (QED) is 0.901. The van der Waals surface area contributed by atoms with Gasteiger partial charge in [0.2, 0.25) is 0 Å². The molecule has 0 saturated heterocycles. The maximum Gasteiger partial charge on any atom is 0.254 e. The Morgan fingerprint density at radius 3 is 2.87 bits per heavy atom. The zero-order valence-electron chi connectivity index (χ0n) is 8.68. The Balaban J connectivity index is 2.86. The van der Waals surface area contributed by atoms with Gasteiger partial charge in [-0.25, -0.2) is 4.39 Å². The van der Waals surface area contributed by atoms with Crippen molar-refractivity contribution in [2.45, 2.75) is 26.3 Å². The van der Waals surface area contributed by atoms with Crippen molar-refractivity contribution in [3.05, 3.63) is 34.1 Å². The third-order valence-electron chi connectivity index (χ3n) is 2.16. The average molecular weight is 274 g/mol. The highest BCUT2D eigenvalue weighted by molar-refractivity contribution is 9.10. The summed E-state index contributed by atoms with van der Waals surface area (Å²) >= 11 is 3.20. The van der Waals surface area contributed by atoms with Crippen molar-refractivity contribution >= 4 is 21.8 Å². The molecule has 1 aromatic carbocycles. The van der Waals surface area contributed by atoms with Gasteiger partial charge < -0.3 is 5.32 Å². The molecular weight excluding hydrogens is 261 g/mol. The number of benzene rings is 1. The van der Waals surface area contributed by atoms with Crippen LogP contribution < -0.4 is 5.32 Å². The van der Waals surface area contributed by atoms with E-state index < -0.39 is 5.82 Å². The summed E-state index contributed by atoms with van der Waals surface area (Å²) in [6, 6.07) is 4.37. The van der Waals surface area contributed by atoms with Crippen LogP contribution in [0.25, 0.3) is 0 Å². The van der Waals surface area contributed by atoms with Crippen molar-refractivity contribution < 1.29 is 9.18 Å². The lowest BCUT2D eigenvalue weighted by molar-refractivity contribution is 0.0935. The van der Waals surface area contributed by atoms with Crippen molar-refractivity contribution in [1.82, 2.24) is 5.32 Å². The summed E-state index contributed by atoms with van der Waals surface area (Å²) in [5.41, 5.74) is 0.0738. The molecule has 0 aliphatic rings. The Morgan fingerprint density at radius 1 is 1.60 bits per heavy atom. The number of carbonyl (C=O) groups excluding carboxylic acids is 1. The minimum absolute atomic E-state index is 0.0517. The highest BCUT2D eigenvalue weighted by Gasteiger charge is 2.13.